The van der Waals surface area contributed by atoms with Crippen LogP contribution in [0.2, 0.25) is 0 Å². The van der Waals surface area contributed by atoms with Crippen molar-refractivity contribution >= 4 is 17.6 Å². The molecule has 0 saturated heterocycles. The van der Waals surface area contributed by atoms with Crippen LogP contribution in [0.25, 0.3) is 0 Å². The number of carbonyl (C=O) groups excluding carboxylic acids is 2. The Morgan fingerprint density at radius 1 is 1.33 bits per heavy atom. The van der Waals surface area contributed by atoms with Gasteiger partial charge in [-0.2, -0.15) is 0 Å². The Morgan fingerprint density at radius 2 is 2.06 bits per heavy atom. The summed E-state index contributed by atoms with van der Waals surface area (Å²) in [5, 5.41) is 2.13. The van der Waals surface area contributed by atoms with Gasteiger partial charge in [-0.1, -0.05) is 0 Å². The van der Waals surface area contributed by atoms with Crippen LogP contribution in [-0.4, -0.2) is 18.5 Å². The number of nitrogens with one attached hydrogen (secondary N) is 1. The second-order valence-corrected chi connectivity index (χ2v) is 4.05. The van der Waals surface area contributed by atoms with Gasteiger partial charge in [-0.05, 0) is 25.0 Å². The molecule has 1 aliphatic carbocycles. The van der Waals surface area contributed by atoms with Crippen molar-refractivity contribution in [1.82, 2.24) is 0 Å². The third-order valence-electron chi connectivity index (χ3n) is 2.46. The summed E-state index contributed by atoms with van der Waals surface area (Å²) >= 11 is 0. The molecule has 1 aliphatic rings. The first kappa shape index (κ1) is 12.5. The molecule has 4 nitrogen and oxygen atoms in total. The van der Waals surface area contributed by atoms with E-state index in [1.807, 2.05) is 0 Å². The van der Waals surface area contributed by atoms with E-state index in [2.05, 4.69) is 5.32 Å². The van der Waals surface area contributed by atoms with Crippen LogP contribution in [0.4, 0.5) is 14.5 Å². The molecule has 6 heteroatoms. The number of amides is 1. The van der Waals surface area contributed by atoms with E-state index < -0.39 is 30.1 Å². The normalized spacial score (nSPS) is 14.1. The largest absolute Gasteiger partial charge is 0.455 e. The molecule has 1 saturated carbocycles. The highest BCUT2D eigenvalue weighted by Gasteiger charge is 2.31. The van der Waals surface area contributed by atoms with Gasteiger partial charge < -0.3 is 10.1 Å². The Balaban J connectivity index is 1.86. The summed E-state index contributed by atoms with van der Waals surface area (Å²) in [6, 6.07) is 2.70. The molecule has 0 unspecified atom stereocenters. The zero-order chi connectivity index (χ0) is 13.1. The quantitative estimate of drug-likeness (QED) is 0.835. The van der Waals surface area contributed by atoms with Gasteiger partial charge in [-0.25, -0.2) is 8.78 Å². The van der Waals surface area contributed by atoms with Crippen LogP contribution in [0.15, 0.2) is 18.2 Å². The molecular weight excluding hydrogens is 244 g/mol. The Morgan fingerprint density at radius 3 is 2.72 bits per heavy atom. The topological polar surface area (TPSA) is 55.4 Å². The van der Waals surface area contributed by atoms with Crippen molar-refractivity contribution in [3.63, 3.8) is 0 Å². The lowest BCUT2D eigenvalue weighted by Crippen LogP contribution is -2.22. The van der Waals surface area contributed by atoms with Gasteiger partial charge in [0, 0.05) is 6.07 Å². The molecule has 0 atom stereocenters. The van der Waals surface area contributed by atoms with E-state index in [1.54, 1.807) is 0 Å². The number of ether oxygens (including phenoxy) is 1. The molecule has 0 aliphatic heterocycles. The maximum atomic E-state index is 13.2. The zero-order valence-electron chi connectivity index (χ0n) is 9.41. The van der Waals surface area contributed by atoms with E-state index in [9.17, 15) is 18.4 Å². The number of hydrogen-bond donors (Lipinski definition) is 1. The van der Waals surface area contributed by atoms with Crippen LogP contribution >= 0.6 is 0 Å². The maximum Gasteiger partial charge on any atom is 0.309 e. The molecule has 96 valence electrons. The average Bonchev–Trinajstić information content (AvgIpc) is 3.15. The minimum Gasteiger partial charge on any atom is -0.455 e. The standard InChI is InChI=1S/C12H11F2NO3/c13-8-3-4-9(14)10(5-8)15-11(16)6-18-12(17)7-1-2-7/h3-5,7H,1-2,6H2,(H,15,16). The van der Waals surface area contributed by atoms with Crippen molar-refractivity contribution < 1.29 is 23.1 Å². The van der Waals surface area contributed by atoms with Gasteiger partial charge in [-0.3, -0.25) is 9.59 Å². The fourth-order valence-corrected chi connectivity index (χ4v) is 1.35. The highest BCUT2D eigenvalue weighted by molar-refractivity contribution is 5.93. The third kappa shape index (κ3) is 3.26. The summed E-state index contributed by atoms with van der Waals surface area (Å²) in [6.07, 6.45) is 1.55. The van der Waals surface area contributed by atoms with E-state index in [0.717, 1.165) is 31.0 Å². The summed E-state index contributed by atoms with van der Waals surface area (Å²) in [6.45, 7) is -0.495. The number of benzene rings is 1. The van der Waals surface area contributed by atoms with Crippen molar-refractivity contribution in [1.29, 1.82) is 0 Å². The highest BCUT2D eigenvalue weighted by Crippen LogP contribution is 2.29. The molecule has 18 heavy (non-hydrogen) atoms. The molecule has 2 rings (SSSR count). The summed E-state index contributed by atoms with van der Waals surface area (Å²) in [5.41, 5.74) is -0.275. The van der Waals surface area contributed by atoms with Crippen LogP contribution in [0, 0.1) is 17.6 Å². The van der Waals surface area contributed by atoms with Gasteiger partial charge in [0.05, 0.1) is 11.6 Å². The van der Waals surface area contributed by atoms with Crippen molar-refractivity contribution in [2.45, 2.75) is 12.8 Å². The number of halogens is 2. The van der Waals surface area contributed by atoms with Gasteiger partial charge in [0.2, 0.25) is 0 Å². The van der Waals surface area contributed by atoms with Crippen LogP contribution in [0.1, 0.15) is 12.8 Å². The molecule has 0 radical (unpaired) electrons. The zero-order valence-corrected chi connectivity index (χ0v) is 9.41. The average molecular weight is 255 g/mol. The second kappa shape index (κ2) is 5.12. The molecule has 1 aromatic carbocycles. The maximum absolute atomic E-state index is 13.2. The second-order valence-electron chi connectivity index (χ2n) is 4.05. The number of rotatable bonds is 4. The van der Waals surface area contributed by atoms with Crippen molar-refractivity contribution in [3.8, 4) is 0 Å². The van der Waals surface area contributed by atoms with Crippen LogP contribution in [-0.2, 0) is 14.3 Å². The van der Waals surface area contributed by atoms with Crippen molar-refractivity contribution in [2.75, 3.05) is 11.9 Å². The summed E-state index contributed by atoms with van der Waals surface area (Å²) in [5.74, 6) is -2.65. The first-order chi connectivity index (χ1) is 8.56. The predicted molar refractivity (Wildman–Crippen MR) is 58.7 cm³/mol. The summed E-state index contributed by atoms with van der Waals surface area (Å²) < 4.78 is 30.7. The fourth-order valence-electron chi connectivity index (χ4n) is 1.35. The number of hydrogen-bond acceptors (Lipinski definition) is 3. The number of carbonyl (C=O) groups is 2. The predicted octanol–water partition coefficient (Wildman–Crippen LogP) is 1.86. The van der Waals surface area contributed by atoms with Gasteiger partial charge in [0.25, 0.3) is 5.91 Å². The lowest BCUT2D eigenvalue weighted by molar-refractivity contribution is -0.148. The first-order valence-electron chi connectivity index (χ1n) is 5.48. The summed E-state index contributed by atoms with van der Waals surface area (Å²) in [4.78, 5) is 22.5. The lowest BCUT2D eigenvalue weighted by Gasteiger charge is -2.07. The van der Waals surface area contributed by atoms with E-state index in [1.165, 1.54) is 0 Å². The fraction of sp³-hybridized carbons (Fsp3) is 0.333. The Bertz CT molecular complexity index is 486. The van der Waals surface area contributed by atoms with Gasteiger partial charge in [0.15, 0.2) is 6.61 Å². The van der Waals surface area contributed by atoms with E-state index >= 15 is 0 Å². The molecule has 1 amide bonds. The minimum absolute atomic E-state index is 0.108. The molecule has 1 aromatic rings. The molecule has 0 bridgehead atoms. The van der Waals surface area contributed by atoms with Crippen molar-refractivity contribution in [3.05, 3.63) is 29.8 Å². The van der Waals surface area contributed by atoms with Crippen LogP contribution < -0.4 is 5.32 Å². The third-order valence-corrected chi connectivity index (χ3v) is 2.46. The van der Waals surface area contributed by atoms with Crippen molar-refractivity contribution in [2.24, 2.45) is 5.92 Å². The molecule has 0 aromatic heterocycles. The Hall–Kier alpha value is -1.98. The number of anilines is 1. The van der Waals surface area contributed by atoms with Gasteiger partial charge in [-0.15, -0.1) is 0 Å². The van der Waals surface area contributed by atoms with Gasteiger partial charge >= 0.3 is 5.97 Å². The summed E-state index contributed by atoms with van der Waals surface area (Å²) in [7, 11) is 0. The van der Waals surface area contributed by atoms with E-state index in [4.69, 9.17) is 4.74 Å². The lowest BCUT2D eigenvalue weighted by atomic mass is 10.3. The SMILES string of the molecule is O=C(COC(=O)C1CC1)Nc1cc(F)ccc1F. The van der Waals surface area contributed by atoms with E-state index in [0.29, 0.717) is 0 Å². The minimum atomic E-state index is -0.752. The first-order valence-corrected chi connectivity index (χ1v) is 5.48. The molecule has 1 N–H and O–H groups in total. The molecular formula is C12H11F2NO3. The molecule has 0 heterocycles. The van der Waals surface area contributed by atoms with Crippen LogP contribution in [0.5, 0.6) is 0 Å². The monoisotopic (exact) mass is 255 g/mol. The highest BCUT2D eigenvalue weighted by atomic mass is 19.1. The smallest absolute Gasteiger partial charge is 0.309 e. The Kier molecular flexibility index (Phi) is 3.55. The van der Waals surface area contributed by atoms with Gasteiger partial charge in [0.1, 0.15) is 11.6 Å². The number of esters is 1. The Labute approximate surface area is 102 Å². The van der Waals surface area contributed by atoms with E-state index in [-0.39, 0.29) is 11.6 Å². The molecule has 0 spiro atoms. The van der Waals surface area contributed by atoms with Crippen LogP contribution in [0.3, 0.4) is 0 Å². The molecule has 1 fully saturated rings.